The van der Waals surface area contributed by atoms with E-state index in [4.69, 9.17) is 4.52 Å². The Morgan fingerprint density at radius 2 is 2.18 bits per heavy atom. The molecule has 0 saturated carbocycles. The number of hydrogen-bond donors (Lipinski definition) is 1. The lowest BCUT2D eigenvalue weighted by Gasteiger charge is -2.14. The van der Waals surface area contributed by atoms with Crippen LogP contribution in [0.25, 0.3) is 0 Å². The van der Waals surface area contributed by atoms with E-state index >= 15 is 0 Å². The van der Waals surface area contributed by atoms with Crippen LogP contribution in [0.5, 0.6) is 0 Å². The van der Waals surface area contributed by atoms with Crippen LogP contribution < -0.4 is 11.0 Å². The average molecular weight is 390 g/mol. The maximum atomic E-state index is 12.6. The van der Waals surface area contributed by atoms with Crippen LogP contribution in [-0.4, -0.2) is 57.0 Å². The summed E-state index contributed by atoms with van der Waals surface area (Å²) in [7, 11) is 3.94. The molecule has 1 N–H and O–H groups in total. The zero-order valence-electron chi connectivity index (χ0n) is 17.1. The van der Waals surface area contributed by atoms with Crippen LogP contribution in [-0.2, 0) is 25.9 Å². The number of fused-ring (bicyclic) bond motifs is 1. The third-order valence-corrected chi connectivity index (χ3v) is 4.91. The molecule has 1 aliphatic heterocycles. The summed E-state index contributed by atoms with van der Waals surface area (Å²) in [6, 6.07) is 1.68. The van der Waals surface area contributed by atoms with Crippen molar-refractivity contribution < 1.29 is 9.32 Å². The van der Waals surface area contributed by atoms with E-state index in [1.165, 1.54) is 0 Å². The Bertz CT molecular complexity index is 863. The Kier molecular flexibility index (Phi) is 6.33. The standard InChI is InChI=1S/C19H30N6O3/c1-13(2)11-15-12-16(28-22-15)18(26)20-14-5-6-17-21-25(10-9-23(3)4)19(27)24(17)8-7-14/h12-14H,5-11H2,1-4H3,(H,20,26). The number of hydrogen-bond acceptors (Lipinski definition) is 6. The topological polar surface area (TPSA) is 98.2 Å². The third kappa shape index (κ3) is 4.89. The van der Waals surface area contributed by atoms with Gasteiger partial charge in [-0.15, -0.1) is 0 Å². The number of amides is 1. The summed E-state index contributed by atoms with van der Waals surface area (Å²) in [6.07, 6.45) is 2.86. The molecular formula is C19H30N6O3. The van der Waals surface area contributed by atoms with Gasteiger partial charge < -0.3 is 14.7 Å². The molecule has 0 saturated heterocycles. The predicted octanol–water partition coefficient (Wildman–Crippen LogP) is 0.928. The first-order chi connectivity index (χ1) is 13.3. The number of rotatable bonds is 7. The van der Waals surface area contributed by atoms with Gasteiger partial charge in [-0.2, -0.15) is 5.10 Å². The van der Waals surface area contributed by atoms with Crippen LogP contribution in [0, 0.1) is 5.92 Å². The highest BCUT2D eigenvalue weighted by molar-refractivity contribution is 5.91. The lowest BCUT2D eigenvalue weighted by molar-refractivity contribution is 0.0895. The fourth-order valence-electron chi connectivity index (χ4n) is 3.40. The summed E-state index contributed by atoms with van der Waals surface area (Å²) < 4.78 is 8.46. The second-order valence-electron chi connectivity index (χ2n) is 8.16. The molecule has 1 aliphatic rings. The fraction of sp³-hybridized carbons (Fsp3) is 0.684. The molecule has 0 bridgehead atoms. The van der Waals surface area contributed by atoms with Gasteiger partial charge in [0.15, 0.2) is 0 Å². The van der Waals surface area contributed by atoms with Crippen LogP contribution >= 0.6 is 0 Å². The SMILES string of the molecule is CC(C)Cc1cc(C(=O)NC2CCc3nn(CCN(C)C)c(=O)n3CC2)on1. The molecule has 2 aromatic rings. The number of aromatic nitrogens is 4. The largest absolute Gasteiger partial charge is 0.351 e. The number of carbonyl (C=O) groups is 1. The maximum absolute atomic E-state index is 12.6. The first kappa shape index (κ1) is 20.3. The molecule has 0 aliphatic carbocycles. The van der Waals surface area contributed by atoms with Crippen LogP contribution in [0.2, 0.25) is 0 Å². The minimum Gasteiger partial charge on any atom is -0.351 e. The van der Waals surface area contributed by atoms with E-state index in [-0.39, 0.29) is 23.4 Å². The molecule has 1 unspecified atom stereocenters. The second kappa shape index (κ2) is 8.72. The van der Waals surface area contributed by atoms with Crippen LogP contribution in [0.4, 0.5) is 0 Å². The van der Waals surface area contributed by atoms with Gasteiger partial charge in [-0.3, -0.25) is 9.36 Å². The second-order valence-corrected chi connectivity index (χ2v) is 8.16. The molecule has 9 heteroatoms. The van der Waals surface area contributed by atoms with Gasteiger partial charge in [0, 0.05) is 31.6 Å². The Hall–Kier alpha value is -2.42. The lowest BCUT2D eigenvalue weighted by atomic mass is 10.1. The average Bonchev–Trinajstić information content (AvgIpc) is 3.13. The van der Waals surface area contributed by atoms with Gasteiger partial charge in [0.05, 0.1) is 12.2 Å². The van der Waals surface area contributed by atoms with Gasteiger partial charge in [0.2, 0.25) is 5.76 Å². The fourth-order valence-corrected chi connectivity index (χ4v) is 3.40. The normalized spacial score (nSPS) is 17.0. The van der Waals surface area contributed by atoms with Gasteiger partial charge in [0.25, 0.3) is 5.91 Å². The summed E-state index contributed by atoms with van der Waals surface area (Å²) in [6.45, 7) is 6.09. The molecular weight excluding hydrogens is 360 g/mol. The highest BCUT2D eigenvalue weighted by atomic mass is 16.5. The highest BCUT2D eigenvalue weighted by Gasteiger charge is 2.23. The molecule has 154 valence electrons. The molecule has 28 heavy (non-hydrogen) atoms. The molecule has 1 amide bonds. The smallest absolute Gasteiger partial charge is 0.345 e. The summed E-state index contributed by atoms with van der Waals surface area (Å²) in [4.78, 5) is 27.0. The van der Waals surface area contributed by atoms with E-state index in [0.717, 1.165) is 30.9 Å². The van der Waals surface area contributed by atoms with Crippen molar-refractivity contribution in [1.82, 2.24) is 29.7 Å². The maximum Gasteiger partial charge on any atom is 0.345 e. The molecule has 2 aromatic heterocycles. The van der Waals surface area contributed by atoms with E-state index in [2.05, 4.69) is 29.4 Å². The van der Waals surface area contributed by atoms with E-state index in [0.29, 0.717) is 31.8 Å². The lowest BCUT2D eigenvalue weighted by Crippen LogP contribution is -2.36. The number of carbonyl (C=O) groups excluding carboxylic acids is 1. The molecule has 3 rings (SSSR count). The van der Waals surface area contributed by atoms with E-state index < -0.39 is 0 Å². The van der Waals surface area contributed by atoms with E-state index in [1.807, 2.05) is 19.0 Å². The molecule has 0 fully saturated rings. The first-order valence-electron chi connectivity index (χ1n) is 9.91. The third-order valence-electron chi connectivity index (χ3n) is 4.91. The Morgan fingerprint density at radius 1 is 1.39 bits per heavy atom. The summed E-state index contributed by atoms with van der Waals surface area (Å²) in [5.41, 5.74) is 0.719. The van der Waals surface area contributed by atoms with E-state index in [1.54, 1.807) is 15.3 Å². The quantitative estimate of drug-likeness (QED) is 0.755. The molecule has 0 aromatic carbocycles. The zero-order valence-corrected chi connectivity index (χ0v) is 17.1. The van der Waals surface area contributed by atoms with Crippen molar-refractivity contribution in [2.75, 3.05) is 20.6 Å². The molecule has 1 atom stereocenters. The number of nitrogens with one attached hydrogen (secondary N) is 1. The minimum atomic E-state index is -0.254. The van der Waals surface area contributed by atoms with E-state index in [9.17, 15) is 9.59 Å². The van der Waals surface area contributed by atoms with Gasteiger partial charge in [-0.25, -0.2) is 9.48 Å². The molecule has 3 heterocycles. The number of aryl methyl sites for hydroxylation is 1. The van der Waals surface area contributed by atoms with Crippen molar-refractivity contribution in [3.8, 4) is 0 Å². The van der Waals surface area contributed by atoms with Crippen LogP contribution in [0.3, 0.4) is 0 Å². The van der Waals surface area contributed by atoms with Crippen molar-refractivity contribution in [3.63, 3.8) is 0 Å². The van der Waals surface area contributed by atoms with Gasteiger partial charge in [-0.1, -0.05) is 19.0 Å². The van der Waals surface area contributed by atoms with Gasteiger partial charge in [-0.05, 0) is 39.3 Å². The predicted molar refractivity (Wildman–Crippen MR) is 104 cm³/mol. The van der Waals surface area contributed by atoms with Gasteiger partial charge in [0.1, 0.15) is 5.82 Å². The molecule has 0 spiro atoms. The summed E-state index contributed by atoms with van der Waals surface area (Å²) in [5.74, 6) is 1.23. The number of likely N-dealkylation sites (N-methyl/N-ethyl adjacent to an activating group) is 1. The van der Waals surface area contributed by atoms with Crippen molar-refractivity contribution >= 4 is 5.91 Å². The van der Waals surface area contributed by atoms with Crippen molar-refractivity contribution in [2.45, 2.75) is 58.7 Å². The summed E-state index contributed by atoms with van der Waals surface area (Å²) in [5, 5.41) is 11.5. The Labute approximate surface area is 164 Å². The summed E-state index contributed by atoms with van der Waals surface area (Å²) >= 11 is 0. The first-order valence-corrected chi connectivity index (χ1v) is 9.91. The van der Waals surface area contributed by atoms with Crippen molar-refractivity contribution in [1.29, 1.82) is 0 Å². The monoisotopic (exact) mass is 390 g/mol. The highest BCUT2D eigenvalue weighted by Crippen LogP contribution is 2.14. The Morgan fingerprint density at radius 3 is 2.89 bits per heavy atom. The Balaban J connectivity index is 1.59. The van der Waals surface area contributed by atoms with Gasteiger partial charge >= 0.3 is 5.69 Å². The van der Waals surface area contributed by atoms with Crippen LogP contribution in [0.1, 0.15) is 48.8 Å². The molecule has 0 radical (unpaired) electrons. The van der Waals surface area contributed by atoms with Crippen molar-refractivity contribution in [2.24, 2.45) is 5.92 Å². The van der Waals surface area contributed by atoms with Crippen LogP contribution in [0.15, 0.2) is 15.4 Å². The zero-order chi connectivity index (χ0) is 20.3. The molecule has 9 nitrogen and oxygen atoms in total. The number of nitrogens with zero attached hydrogens (tertiary/aromatic N) is 5. The van der Waals surface area contributed by atoms with Crippen molar-refractivity contribution in [3.05, 3.63) is 33.8 Å². The minimum absolute atomic E-state index is 0.0255.